The van der Waals surface area contributed by atoms with Gasteiger partial charge >= 0.3 is 5.63 Å². The van der Waals surface area contributed by atoms with E-state index in [1.165, 1.54) is 25.7 Å². The van der Waals surface area contributed by atoms with E-state index < -0.39 is 0 Å². The molecule has 0 amide bonds. The van der Waals surface area contributed by atoms with Gasteiger partial charge in [-0.3, -0.25) is 4.90 Å². The molecule has 1 aromatic carbocycles. The highest BCUT2D eigenvalue weighted by molar-refractivity contribution is 6.32. The second kappa shape index (κ2) is 5.39. The zero-order chi connectivity index (χ0) is 15.3. The highest BCUT2D eigenvalue weighted by Crippen LogP contribution is 2.36. The summed E-state index contributed by atoms with van der Waals surface area (Å²) in [6.45, 7) is 3.91. The van der Waals surface area contributed by atoms with E-state index in [2.05, 4.69) is 4.90 Å². The monoisotopic (exact) mass is 317 g/mol. The summed E-state index contributed by atoms with van der Waals surface area (Å²) in [6.07, 6.45) is 5.27. The first-order chi connectivity index (χ1) is 10.6. The third kappa shape index (κ3) is 2.92. The molecule has 0 atom stereocenters. The Hall–Kier alpha value is -1.32. The largest absolute Gasteiger partial charge is 0.423 e. The molecule has 2 aliphatic carbocycles. The van der Waals surface area contributed by atoms with Gasteiger partial charge in [0.1, 0.15) is 5.58 Å². The molecule has 1 heterocycles. The fourth-order valence-electron chi connectivity index (χ4n) is 3.11. The molecule has 0 N–H and O–H groups in total. The van der Waals surface area contributed by atoms with E-state index in [0.29, 0.717) is 11.6 Å². The van der Waals surface area contributed by atoms with E-state index in [0.717, 1.165) is 40.5 Å². The third-order valence-corrected chi connectivity index (χ3v) is 5.14. The number of benzene rings is 1. The van der Waals surface area contributed by atoms with Crippen molar-refractivity contribution in [2.75, 3.05) is 6.54 Å². The minimum Gasteiger partial charge on any atom is -0.423 e. The van der Waals surface area contributed by atoms with Crippen molar-refractivity contribution >= 4 is 22.6 Å². The van der Waals surface area contributed by atoms with E-state index in [9.17, 15) is 4.79 Å². The molecule has 0 unspecified atom stereocenters. The van der Waals surface area contributed by atoms with Gasteiger partial charge < -0.3 is 4.42 Å². The first kappa shape index (κ1) is 14.3. The summed E-state index contributed by atoms with van der Waals surface area (Å²) >= 11 is 6.27. The van der Waals surface area contributed by atoms with Crippen molar-refractivity contribution in [3.8, 4) is 0 Å². The van der Waals surface area contributed by atoms with Crippen LogP contribution in [0, 0.1) is 12.8 Å². The summed E-state index contributed by atoms with van der Waals surface area (Å²) in [6, 6.07) is 6.14. The lowest BCUT2D eigenvalue weighted by Gasteiger charge is -2.22. The second-order valence-corrected chi connectivity index (χ2v) is 7.20. The summed E-state index contributed by atoms with van der Waals surface area (Å²) in [7, 11) is 0. The molecule has 0 saturated heterocycles. The molecule has 3 nitrogen and oxygen atoms in total. The summed E-state index contributed by atoms with van der Waals surface area (Å²) in [5.74, 6) is 0.859. The number of nitrogens with zero attached hydrogens (tertiary/aromatic N) is 1. The Labute approximate surface area is 134 Å². The molecule has 2 fully saturated rings. The molecule has 2 aromatic rings. The maximum Gasteiger partial charge on any atom is 0.336 e. The van der Waals surface area contributed by atoms with Gasteiger partial charge in [-0.25, -0.2) is 4.79 Å². The van der Waals surface area contributed by atoms with Crippen molar-refractivity contribution < 1.29 is 4.42 Å². The van der Waals surface area contributed by atoms with E-state index in [-0.39, 0.29) is 5.63 Å². The van der Waals surface area contributed by atoms with Crippen LogP contribution in [-0.2, 0) is 6.54 Å². The van der Waals surface area contributed by atoms with Gasteiger partial charge in [0.15, 0.2) is 0 Å². The standard InChI is InChI=1S/C18H20ClNO2/c1-11-6-17-15(8-16(11)19)13(7-18(21)22-17)10-20(14-4-5-14)9-12-2-3-12/h6-8,12,14H,2-5,9-10H2,1H3. The van der Waals surface area contributed by atoms with Crippen LogP contribution in [0.3, 0.4) is 0 Å². The second-order valence-electron chi connectivity index (χ2n) is 6.79. The predicted molar refractivity (Wildman–Crippen MR) is 88.4 cm³/mol. The molecule has 0 bridgehead atoms. The van der Waals surface area contributed by atoms with Crippen LogP contribution in [0.4, 0.5) is 0 Å². The Balaban J connectivity index is 1.72. The van der Waals surface area contributed by atoms with Crippen molar-refractivity contribution in [1.82, 2.24) is 4.90 Å². The molecule has 1 aromatic heterocycles. The molecular formula is C18H20ClNO2. The fourth-order valence-corrected chi connectivity index (χ4v) is 3.28. The van der Waals surface area contributed by atoms with Gasteiger partial charge in [-0.2, -0.15) is 0 Å². The van der Waals surface area contributed by atoms with E-state index in [1.54, 1.807) is 6.07 Å². The van der Waals surface area contributed by atoms with Crippen LogP contribution in [0.5, 0.6) is 0 Å². The number of hydrogen-bond donors (Lipinski definition) is 0. The SMILES string of the molecule is Cc1cc2oc(=O)cc(CN(CC3CC3)C3CC3)c2cc1Cl. The van der Waals surface area contributed by atoms with Gasteiger partial charge in [0, 0.05) is 35.6 Å². The van der Waals surface area contributed by atoms with Gasteiger partial charge in [0.05, 0.1) is 0 Å². The Bertz CT molecular complexity index is 774. The van der Waals surface area contributed by atoms with Crippen LogP contribution in [-0.4, -0.2) is 17.5 Å². The molecule has 0 aliphatic heterocycles. The predicted octanol–water partition coefficient (Wildman–Crippen LogP) is 4.13. The fraction of sp³-hybridized carbons (Fsp3) is 0.500. The maximum absolute atomic E-state index is 11.9. The molecule has 2 aliphatic rings. The third-order valence-electron chi connectivity index (χ3n) is 4.74. The highest BCUT2D eigenvalue weighted by atomic mass is 35.5. The van der Waals surface area contributed by atoms with E-state index in [1.807, 2.05) is 19.1 Å². The van der Waals surface area contributed by atoms with Crippen LogP contribution < -0.4 is 5.63 Å². The van der Waals surface area contributed by atoms with Crippen LogP contribution in [0.1, 0.15) is 36.8 Å². The number of halogens is 1. The highest BCUT2D eigenvalue weighted by Gasteiger charge is 2.33. The molecule has 4 rings (SSSR count). The van der Waals surface area contributed by atoms with Crippen LogP contribution in [0.25, 0.3) is 11.0 Å². The molecule has 0 spiro atoms. The smallest absolute Gasteiger partial charge is 0.336 e. The van der Waals surface area contributed by atoms with Crippen molar-refractivity contribution in [3.63, 3.8) is 0 Å². The lowest BCUT2D eigenvalue weighted by molar-refractivity contribution is 0.244. The average Bonchev–Trinajstić information content (AvgIpc) is 3.34. The van der Waals surface area contributed by atoms with Gasteiger partial charge in [0.25, 0.3) is 0 Å². The summed E-state index contributed by atoms with van der Waals surface area (Å²) in [5, 5.41) is 1.69. The molecule has 0 radical (unpaired) electrons. The summed E-state index contributed by atoms with van der Waals surface area (Å²) < 4.78 is 5.36. The van der Waals surface area contributed by atoms with Crippen LogP contribution in [0.2, 0.25) is 5.02 Å². The number of aryl methyl sites for hydroxylation is 1. The topological polar surface area (TPSA) is 33.5 Å². The number of hydrogen-bond acceptors (Lipinski definition) is 3. The first-order valence-electron chi connectivity index (χ1n) is 8.07. The Morgan fingerprint density at radius 3 is 2.68 bits per heavy atom. The van der Waals surface area contributed by atoms with Crippen molar-refractivity contribution in [3.05, 3.63) is 44.8 Å². The molecule has 4 heteroatoms. The first-order valence-corrected chi connectivity index (χ1v) is 8.45. The lowest BCUT2D eigenvalue weighted by atomic mass is 10.1. The minimum absolute atomic E-state index is 0.272. The lowest BCUT2D eigenvalue weighted by Crippen LogP contribution is -2.28. The van der Waals surface area contributed by atoms with Crippen molar-refractivity contribution in [1.29, 1.82) is 0 Å². The molecule has 116 valence electrons. The molecule has 2 saturated carbocycles. The van der Waals surface area contributed by atoms with Crippen molar-refractivity contribution in [2.24, 2.45) is 5.92 Å². The van der Waals surface area contributed by atoms with Gasteiger partial charge in [-0.05, 0) is 61.8 Å². The average molecular weight is 318 g/mol. The van der Waals surface area contributed by atoms with Crippen LogP contribution >= 0.6 is 11.6 Å². The molecule has 22 heavy (non-hydrogen) atoms. The number of rotatable bonds is 5. The van der Waals surface area contributed by atoms with Crippen molar-refractivity contribution in [2.45, 2.75) is 45.2 Å². The van der Waals surface area contributed by atoms with Gasteiger partial charge in [-0.1, -0.05) is 11.6 Å². The summed E-state index contributed by atoms with van der Waals surface area (Å²) in [5.41, 5.74) is 2.35. The van der Waals surface area contributed by atoms with Gasteiger partial charge in [0.2, 0.25) is 0 Å². The Kier molecular flexibility index (Phi) is 3.50. The van der Waals surface area contributed by atoms with E-state index in [4.69, 9.17) is 16.0 Å². The summed E-state index contributed by atoms with van der Waals surface area (Å²) in [4.78, 5) is 14.4. The normalized spacial score (nSPS) is 18.3. The zero-order valence-electron chi connectivity index (χ0n) is 12.8. The van der Waals surface area contributed by atoms with Crippen LogP contribution in [0.15, 0.2) is 27.4 Å². The molecular weight excluding hydrogens is 298 g/mol. The zero-order valence-corrected chi connectivity index (χ0v) is 13.5. The minimum atomic E-state index is -0.272. The van der Waals surface area contributed by atoms with E-state index >= 15 is 0 Å². The quantitative estimate of drug-likeness (QED) is 0.777. The number of fused-ring (bicyclic) bond motifs is 1. The Morgan fingerprint density at radius 2 is 2.00 bits per heavy atom. The Morgan fingerprint density at radius 1 is 1.23 bits per heavy atom. The maximum atomic E-state index is 11.9. The van der Waals surface area contributed by atoms with Gasteiger partial charge in [-0.15, -0.1) is 0 Å².